The molecule has 3 rings (SSSR count). The lowest BCUT2D eigenvalue weighted by molar-refractivity contribution is -0.123. The van der Waals surface area contributed by atoms with E-state index in [0.717, 1.165) is 0 Å². The van der Waals surface area contributed by atoms with Crippen molar-refractivity contribution in [3.63, 3.8) is 0 Å². The maximum Gasteiger partial charge on any atom is 0.252 e. The molecule has 24 heavy (non-hydrogen) atoms. The van der Waals surface area contributed by atoms with Gasteiger partial charge in [0.25, 0.3) is 5.91 Å². The maximum absolute atomic E-state index is 12.3. The summed E-state index contributed by atoms with van der Waals surface area (Å²) in [4.78, 5) is 28.6. The second-order valence-corrected chi connectivity index (χ2v) is 5.34. The Hall–Kier alpha value is -2.90. The summed E-state index contributed by atoms with van der Waals surface area (Å²) in [7, 11) is 0. The predicted octanol–water partition coefficient (Wildman–Crippen LogP) is 1.76. The first-order valence-electron chi connectivity index (χ1n) is 7.90. The van der Waals surface area contributed by atoms with Crippen LogP contribution >= 0.6 is 0 Å². The number of para-hydroxylation sites is 2. The van der Waals surface area contributed by atoms with Crippen LogP contribution in [0.4, 0.5) is 11.6 Å². The first kappa shape index (κ1) is 16.0. The quantitative estimate of drug-likeness (QED) is 0.841. The number of anilines is 2. The highest BCUT2D eigenvalue weighted by molar-refractivity contribution is 6.01. The Bertz CT molecular complexity index is 771. The molecule has 2 amide bonds. The number of benzene rings is 1. The zero-order valence-corrected chi connectivity index (χ0v) is 13.6. The van der Waals surface area contributed by atoms with Crippen LogP contribution in [0, 0.1) is 0 Å². The molecule has 2 N–H and O–H groups in total. The van der Waals surface area contributed by atoms with E-state index in [4.69, 9.17) is 4.74 Å². The van der Waals surface area contributed by atoms with Crippen LogP contribution in [0.5, 0.6) is 5.75 Å². The summed E-state index contributed by atoms with van der Waals surface area (Å²) in [5.74, 6) is 1.06. The third-order valence-electron chi connectivity index (χ3n) is 3.66. The normalized spacial score (nSPS) is 15.8. The molecular weight excluding hydrogens is 310 g/mol. The molecule has 0 radical (unpaired) electrons. The van der Waals surface area contributed by atoms with Gasteiger partial charge in [0, 0.05) is 6.42 Å². The molecule has 8 heteroatoms. The molecule has 0 aliphatic carbocycles. The Morgan fingerprint density at radius 3 is 2.92 bits per heavy atom. The number of nitrogens with zero attached hydrogens (tertiary/aromatic N) is 3. The molecule has 1 atom stereocenters. The number of hydrogen-bond donors (Lipinski definition) is 2. The molecule has 0 unspecified atom stereocenters. The number of hydrogen-bond acceptors (Lipinski definition) is 5. The number of fused-ring (bicyclic) bond motifs is 1. The average molecular weight is 329 g/mol. The second-order valence-electron chi connectivity index (χ2n) is 5.34. The standard InChI is InChI=1S/C16H19N5O3/c1-3-13-18-16-19-15(23)11(21(16)20-13)9-14(22)17-10-7-5-6-8-12(10)24-4-2/h5-8,11H,3-4,9H2,1-2H3,(H,17,22)(H,18,19,20,23)/t11-/m0/s1. The number of rotatable bonds is 6. The highest BCUT2D eigenvalue weighted by Gasteiger charge is 2.34. The maximum atomic E-state index is 12.3. The number of ether oxygens (including phenoxy) is 1. The molecule has 0 spiro atoms. The van der Waals surface area contributed by atoms with Crippen molar-refractivity contribution in [2.24, 2.45) is 0 Å². The summed E-state index contributed by atoms with van der Waals surface area (Å²) in [5, 5.41) is 9.70. The van der Waals surface area contributed by atoms with Gasteiger partial charge in [-0.2, -0.15) is 10.1 Å². The minimum atomic E-state index is -0.688. The van der Waals surface area contributed by atoms with E-state index < -0.39 is 6.04 Å². The largest absolute Gasteiger partial charge is 0.492 e. The molecule has 8 nitrogen and oxygen atoms in total. The highest BCUT2D eigenvalue weighted by Crippen LogP contribution is 2.27. The lowest BCUT2D eigenvalue weighted by atomic mass is 10.2. The number of amides is 2. The molecule has 2 aromatic rings. The van der Waals surface area contributed by atoms with Crippen LogP contribution in [-0.2, 0) is 16.0 Å². The second kappa shape index (κ2) is 6.69. The van der Waals surface area contributed by atoms with Crippen molar-refractivity contribution in [2.45, 2.75) is 32.7 Å². The third-order valence-corrected chi connectivity index (χ3v) is 3.66. The van der Waals surface area contributed by atoms with Crippen molar-refractivity contribution in [1.82, 2.24) is 14.8 Å². The molecule has 0 bridgehead atoms. The molecule has 0 saturated carbocycles. The average Bonchev–Trinajstić information content (AvgIpc) is 3.08. The van der Waals surface area contributed by atoms with E-state index >= 15 is 0 Å². The molecule has 1 aromatic carbocycles. The van der Waals surface area contributed by atoms with Crippen molar-refractivity contribution in [1.29, 1.82) is 0 Å². The van der Waals surface area contributed by atoms with E-state index in [2.05, 4.69) is 20.7 Å². The summed E-state index contributed by atoms with van der Waals surface area (Å²) >= 11 is 0. The summed E-state index contributed by atoms with van der Waals surface area (Å²) in [6.45, 7) is 4.30. The molecule has 2 heterocycles. The minimum Gasteiger partial charge on any atom is -0.492 e. The van der Waals surface area contributed by atoms with Crippen molar-refractivity contribution in [3.8, 4) is 5.75 Å². The summed E-state index contributed by atoms with van der Waals surface area (Å²) in [6, 6.07) is 6.49. The monoisotopic (exact) mass is 329 g/mol. The fraction of sp³-hybridized carbons (Fsp3) is 0.375. The zero-order chi connectivity index (χ0) is 17.1. The van der Waals surface area contributed by atoms with Crippen LogP contribution in [0.1, 0.15) is 32.1 Å². The lowest BCUT2D eigenvalue weighted by Crippen LogP contribution is -2.24. The van der Waals surface area contributed by atoms with Gasteiger partial charge in [-0.15, -0.1) is 0 Å². The molecule has 126 valence electrons. The van der Waals surface area contributed by atoms with Crippen LogP contribution in [0.2, 0.25) is 0 Å². The third kappa shape index (κ3) is 3.08. The van der Waals surface area contributed by atoms with Crippen molar-refractivity contribution >= 4 is 23.5 Å². The van der Waals surface area contributed by atoms with Gasteiger partial charge < -0.3 is 10.1 Å². The fourth-order valence-electron chi connectivity index (χ4n) is 2.53. The van der Waals surface area contributed by atoms with Crippen LogP contribution in [0.25, 0.3) is 0 Å². The van der Waals surface area contributed by atoms with Crippen molar-refractivity contribution < 1.29 is 14.3 Å². The SMILES string of the molecule is CCOc1ccccc1NC(=O)C[C@H]1C(=O)Nc2nc(CC)nn21. The summed E-state index contributed by atoms with van der Waals surface area (Å²) in [5.41, 5.74) is 0.579. The Labute approximate surface area is 139 Å². The van der Waals surface area contributed by atoms with Crippen LogP contribution in [0.3, 0.4) is 0 Å². The van der Waals surface area contributed by atoms with Crippen molar-refractivity contribution in [3.05, 3.63) is 30.1 Å². The summed E-state index contributed by atoms with van der Waals surface area (Å²) < 4.78 is 6.96. The topological polar surface area (TPSA) is 98.1 Å². The van der Waals surface area contributed by atoms with E-state index in [1.807, 2.05) is 26.0 Å². The van der Waals surface area contributed by atoms with Gasteiger partial charge in [-0.05, 0) is 19.1 Å². The van der Waals surface area contributed by atoms with E-state index in [9.17, 15) is 9.59 Å². The fourth-order valence-corrected chi connectivity index (χ4v) is 2.53. The Morgan fingerprint density at radius 2 is 2.17 bits per heavy atom. The van der Waals surface area contributed by atoms with Gasteiger partial charge in [-0.1, -0.05) is 19.1 Å². The van der Waals surface area contributed by atoms with E-state index in [0.29, 0.717) is 36.2 Å². The smallest absolute Gasteiger partial charge is 0.252 e. The first-order valence-corrected chi connectivity index (χ1v) is 7.90. The number of aromatic nitrogens is 3. The van der Waals surface area contributed by atoms with Gasteiger partial charge >= 0.3 is 0 Å². The van der Waals surface area contributed by atoms with Gasteiger partial charge in [0.2, 0.25) is 11.9 Å². The van der Waals surface area contributed by atoms with Crippen LogP contribution in [-0.4, -0.2) is 33.2 Å². The summed E-state index contributed by atoms with van der Waals surface area (Å²) in [6.07, 6.45) is 0.641. The van der Waals surface area contributed by atoms with E-state index in [-0.39, 0.29) is 18.2 Å². The zero-order valence-electron chi connectivity index (χ0n) is 13.6. The Balaban J connectivity index is 1.72. The van der Waals surface area contributed by atoms with Crippen molar-refractivity contribution in [2.75, 3.05) is 17.2 Å². The van der Waals surface area contributed by atoms with E-state index in [1.54, 1.807) is 12.1 Å². The molecule has 0 saturated heterocycles. The van der Waals surface area contributed by atoms with Gasteiger partial charge in [0.15, 0.2) is 5.82 Å². The van der Waals surface area contributed by atoms with Gasteiger partial charge in [0.1, 0.15) is 11.8 Å². The molecule has 1 aliphatic heterocycles. The minimum absolute atomic E-state index is 0.0220. The van der Waals surface area contributed by atoms with Gasteiger partial charge in [-0.25, -0.2) is 4.68 Å². The lowest BCUT2D eigenvalue weighted by Gasteiger charge is -2.13. The van der Waals surface area contributed by atoms with Gasteiger partial charge in [-0.3, -0.25) is 14.9 Å². The molecule has 1 aliphatic rings. The van der Waals surface area contributed by atoms with Gasteiger partial charge in [0.05, 0.1) is 18.7 Å². The Morgan fingerprint density at radius 1 is 1.38 bits per heavy atom. The number of nitrogens with one attached hydrogen (secondary N) is 2. The highest BCUT2D eigenvalue weighted by atomic mass is 16.5. The predicted molar refractivity (Wildman–Crippen MR) is 87.9 cm³/mol. The molecule has 0 fully saturated rings. The van der Waals surface area contributed by atoms with E-state index in [1.165, 1.54) is 4.68 Å². The molecular formula is C16H19N5O3. The number of carbonyl (C=O) groups excluding carboxylic acids is 2. The number of aryl methyl sites for hydroxylation is 1. The Kier molecular flexibility index (Phi) is 4.45. The van der Waals surface area contributed by atoms with Crippen LogP contribution in [0.15, 0.2) is 24.3 Å². The van der Waals surface area contributed by atoms with Crippen LogP contribution < -0.4 is 15.4 Å². The number of carbonyl (C=O) groups is 2. The molecule has 1 aromatic heterocycles. The first-order chi connectivity index (χ1) is 11.6.